The lowest BCUT2D eigenvalue weighted by atomic mass is 9.85. The molecule has 2 atom stereocenters. The maximum atomic E-state index is 12.5. The second kappa shape index (κ2) is 8.79. The van der Waals surface area contributed by atoms with Crippen LogP contribution >= 0.6 is 0 Å². The third-order valence-electron chi connectivity index (χ3n) is 5.02. The fourth-order valence-corrected chi connectivity index (χ4v) is 3.52. The Labute approximate surface area is 150 Å². The minimum atomic E-state index is 0.0208. The molecule has 25 heavy (non-hydrogen) atoms. The van der Waals surface area contributed by atoms with Crippen molar-refractivity contribution >= 4 is 12.0 Å². The standard InChI is InChI=1S/C20H29NO4/c1-14-8-6-7-9-16(14)21(2)19(22)11-10-15-12-17(23-3)20(25-5)18(13-15)24-4/h10-14,16H,6-9H2,1-5H3/b11-10+. The van der Waals surface area contributed by atoms with Crippen molar-refractivity contribution in [3.05, 3.63) is 23.8 Å². The molecule has 2 rings (SSSR count). The number of carbonyl (C=O) groups excluding carboxylic acids is 1. The van der Waals surface area contributed by atoms with E-state index in [0.717, 1.165) is 12.0 Å². The zero-order valence-corrected chi connectivity index (χ0v) is 15.9. The number of nitrogens with zero attached hydrogens (tertiary/aromatic N) is 1. The number of amides is 1. The van der Waals surface area contributed by atoms with Gasteiger partial charge in [0.05, 0.1) is 21.3 Å². The van der Waals surface area contributed by atoms with E-state index in [-0.39, 0.29) is 5.91 Å². The van der Waals surface area contributed by atoms with Crippen LogP contribution in [-0.2, 0) is 4.79 Å². The number of hydrogen-bond acceptors (Lipinski definition) is 4. The van der Waals surface area contributed by atoms with Gasteiger partial charge in [-0.1, -0.05) is 19.8 Å². The molecule has 0 radical (unpaired) electrons. The van der Waals surface area contributed by atoms with Gasteiger partial charge >= 0.3 is 0 Å². The summed E-state index contributed by atoms with van der Waals surface area (Å²) in [7, 11) is 6.62. The van der Waals surface area contributed by atoms with E-state index < -0.39 is 0 Å². The molecule has 5 heteroatoms. The third-order valence-corrected chi connectivity index (χ3v) is 5.02. The smallest absolute Gasteiger partial charge is 0.246 e. The predicted molar refractivity (Wildman–Crippen MR) is 99.3 cm³/mol. The van der Waals surface area contributed by atoms with Crippen LogP contribution < -0.4 is 14.2 Å². The molecule has 0 aromatic heterocycles. The summed E-state index contributed by atoms with van der Waals surface area (Å²) in [6, 6.07) is 3.98. The molecule has 1 fully saturated rings. The summed E-state index contributed by atoms with van der Waals surface area (Å²) in [4.78, 5) is 14.4. The van der Waals surface area contributed by atoms with E-state index in [9.17, 15) is 4.79 Å². The van der Waals surface area contributed by atoms with Crippen LogP contribution in [0.5, 0.6) is 17.2 Å². The molecule has 1 aliphatic rings. The fraction of sp³-hybridized carbons (Fsp3) is 0.550. The molecular formula is C20H29NO4. The highest BCUT2D eigenvalue weighted by Crippen LogP contribution is 2.38. The molecule has 1 aromatic carbocycles. The first-order chi connectivity index (χ1) is 12.0. The molecular weight excluding hydrogens is 318 g/mol. The first-order valence-electron chi connectivity index (χ1n) is 8.76. The normalized spacial score (nSPS) is 20.4. The van der Waals surface area contributed by atoms with E-state index in [1.54, 1.807) is 33.5 Å². The van der Waals surface area contributed by atoms with Gasteiger partial charge in [-0.2, -0.15) is 0 Å². The van der Waals surface area contributed by atoms with Crippen molar-refractivity contribution in [3.8, 4) is 17.2 Å². The van der Waals surface area contributed by atoms with E-state index in [1.165, 1.54) is 19.3 Å². The Kier molecular flexibility index (Phi) is 6.73. The van der Waals surface area contributed by atoms with Crippen LogP contribution in [0.4, 0.5) is 0 Å². The van der Waals surface area contributed by atoms with Crippen LogP contribution in [0.3, 0.4) is 0 Å². The molecule has 0 heterocycles. The topological polar surface area (TPSA) is 48.0 Å². The van der Waals surface area contributed by atoms with Crippen molar-refractivity contribution < 1.29 is 19.0 Å². The van der Waals surface area contributed by atoms with Gasteiger partial charge in [0.1, 0.15) is 0 Å². The van der Waals surface area contributed by atoms with Crippen LogP contribution in [0.15, 0.2) is 18.2 Å². The van der Waals surface area contributed by atoms with Crippen LogP contribution in [0.25, 0.3) is 6.08 Å². The van der Waals surface area contributed by atoms with E-state index in [1.807, 2.05) is 24.1 Å². The number of benzene rings is 1. The number of rotatable bonds is 6. The number of hydrogen-bond donors (Lipinski definition) is 0. The zero-order chi connectivity index (χ0) is 18.4. The summed E-state index contributed by atoms with van der Waals surface area (Å²) >= 11 is 0. The zero-order valence-electron chi connectivity index (χ0n) is 15.9. The Balaban J connectivity index is 2.16. The van der Waals surface area contributed by atoms with E-state index in [0.29, 0.717) is 29.2 Å². The Hall–Kier alpha value is -2.17. The Bertz CT molecular complexity index is 601. The Morgan fingerprint density at radius 3 is 2.20 bits per heavy atom. The van der Waals surface area contributed by atoms with Crippen LogP contribution in [0.1, 0.15) is 38.2 Å². The second-order valence-electron chi connectivity index (χ2n) is 6.57. The molecule has 1 amide bonds. The molecule has 1 saturated carbocycles. The largest absolute Gasteiger partial charge is 0.493 e. The molecule has 1 aromatic rings. The molecule has 5 nitrogen and oxygen atoms in total. The molecule has 0 bridgehead atoms. The van der Waals surface area contributed by atoms with E-state index in [4.69, 9.17) is 14.2 Å². The fourth-order valence-electron chi connectivity index (χ4n) is 3.52. The van der Waals surface area contributed by atoms with E-state index >= 15 is 0 Å². The third kappa shape index (κ3) is 4.47. The molecule has 0 saturated heterocycles. The maximum Gasteiger partial charge on any atom is 0.246 e. The summed E-state index contributed by atoms with van der Waals surface area (Å²) in [6.07, 6.45) is 8.14. The molecule has 2 unspecified atom stereocenters. The van der Waals surface area contributed by atoms with Gasteiger partial charge in [-0.15, -0.1) is 0 Å². The van der Waals surface area contributed by atoms with Gasteiger partial charge < -0.3 is 19.1 Å². The first-order valence-corrected chi connectivity index (χ1v) is 8.76. The average Bonchev–Trinajstić information content (AvgIpc) is 2.64. The number of ether oxygens (including phenoxy) is 3. The van der Waals surface area contributed by atoms with Crippen molar-refractivity contribution in [1.29, 1.82) is 0 Å². The molecule has 0 spiro atoms. The maximum absolute atomic E-state index is 12.5. The highest BCUT2D eigenvalue weighted by molar-refractivity contribution is 5.92. The minimum Gasteiger partial charge on any atom is -0.493 e. The van der Waals surface area contributed by atoms with Gasteiger partial charge in [0, 0.05) is 19.2 Å². The summed E-state index contributed by atoms with van der Waals surface area (Å²) in [5, 5.41) is 0. The van der Waals surface area contributed by atoms with Gasteiger partial charge in [-0.05, 0) is 42.5 Å². The van der Waals surface area contributed by atoms with Gasteiger partial charge in [-0.3, -0.25) is 4.79 Å². The van der Waals surface area contributed by atoms with Gasteiger partial charge in [-0.25, -0.2) is 0 Å². The van der Waals surface area contributed by atoms with E-state index in [2.05, 4.69) is 6.92 Å². The number of carbonyl (C=O) groups is 1. The van der Waals surface area contributed by atoms with Crippen molar-refractivity contribution in [1.82, 2.24) is 4.90 Å². The summed E-state index contributed by atoms with van der Waals surface area (Å²) in [5.74, 6) is 2.26. The molecule has 1 aliphatic carbocycles. The summed E-state index contributed by atoms with van der Waals surface area (Å²) in [6.45, 7) is 2.23. The monoisotopic (exact) mass is 347 g/mol. The highest BCUT2D eigenvalue weighted by atomic mass is 16.5. The van der Waals surface area contributed by atoms with Crippen molar-refractivity contribution in [2.24, 2.45) is 5.92 Å². The van der Waals surface area contributed by atoms with Gasteiger partial charge in [0.25, 0.3) is 0 Å². The van der Waals surface area contributed by atoms with Crippen LogP contribution in [0.2, 0.25) is 0 Å². The van der Waals surface area contributed by atoms with Crippen molar-refractivity contribution in [2.45, 2.75) is 38.6 Å². The Morgan fingerprint density at radius 2 is 1.68 bits per heavy atom. The molecule has 0 N–H and O–H groups in total. The SMILES string of the molecule is COc1cc(/C=C/C(=O)N(C)C2CCCCC2C)cc(OC)c1OC. The molecule has 138 valence electrons. The number of methoxy groups -OCH3 is 3. The van der Waals surface area contributed by atoms with Crippen LogP contribution in [-0.4, -0.2) is 45.2 Å². The van der Waals surface area contributed by atoms with Gasteiger partial charge in [0.15, 0.2) is 11.5 Å². The first kappa shape index (κ1) is 19.2. The quantitative estimate of drug-likeness (QED) is 0.735. The average molecular weight is 347 g/mol. The van der Waals surface area contributed by atoms with Crippen LogP contribution in [0, 0.1) is 5.92 Å². The Morgan fingerprint density at radius 1 is 1.08 bits per heavy atom. The molecule has 0 aliphatic heterocycles. The van der Waals surface area contributed by atoms with Gasteiger partial charge in [0.2, 0.25) is 11.7 Å². The lowest BCUT2D eigenvalue weighted by molar-refractivity contribution is -0.128. The number of likely N-dealkylation sites (N-methyl/N-ethyl adjacent to an activating group) is 1. The van der Waals surface area contributed by atoms with Crippen molar-refractivity contribution in [3.63, 3.8) is 0 Å². The van der Waals surface area contributed by atoms with Crippen molar-refractivity contribution in [2.75, 3.05) is 28.4 Å². The second-order valence-corrected chi connectivity index (χ2v) is 6.57. The summed E-state index contributed by atoms with van der Waals surface area (Å²) < 4.78 is 16.0. The minimum absolute atomic E-state index is 0.0208. The predicted octanol–water partition coefficient (Wildman–Crippen LogP) is 3.76. The lowest BCUT2D eigenvalue weighted by Crippen LogP contribution is -2.41. The highest BCUT2D eigenvalue weighted by Gasteiger charge is 2.26. The lowest BCUT2D eigenvalue weighted by Gasteiger charge is -2.35. The summed E-state index contributed by atoms with van der Waals surface area (Å²) in [5.41, 5.74) is 0.827.